The van der Waals surface area contributed by atoms with Gasteiger partial charge in [-0.3, -0.25) is 13.9 Å². The lowest BCUT2D eigenvalue weighted by Crippen LogP contribution is -2.50. The second kappa shape index (κ2) is 12.3. The lowest BCUT2D eigenvalue weighted by atomic mass is 10.1. The zero-order chi connectivity index (χ0) is 27.3. The highest BCUT2D eigenvalue weighted by Crippen LogP contribution is 2.29. The lowest BCUT2D eigenvalue weighted by Gasteiger charge is -2.32. The van der Waals surface area contributed by atoms with Gasteiger partial charge in [0.15, 0.2) is 0 Å². The van der Waals surface area contributed by atoms with Crippen molar-refractivity contribution >= 4 is 66.7 Å². The van der Waals surface area contributed by atoms with Crippen LogP contribution in [0.25, 0.3) is 0 Å². The Balaban J connectivity index is 2.06. The molecule has 0 aliphatic carbocycles. The van der Waals surface area contributed by atoms with Crippen LogP contribution in [0.2, 0.25) is 10.0 Å². The Hall–Kier alpha value is -2.59. The standard InChI is InChI=1S/C26H26BrCl2N3O4S/c1-17-7-13-21(14-8-17)37(35,36)32(20-11-9-19(27)10-12-20)16-25(33)31(18(2)26(34)30-3)15-22-23(28)5-4-6-24(22)29/h4-14,18H,15-16H2,1-3H3,(H,30,34)/t18-/m0/s1. The van der Waals surface area contributed by atoms with E-state index in [1.807, 2.05) is 6.92 Å². The summed E-state index contributed by atoms with van der Waals surface area (Å²) in [5.74, 6) is -1.03. The van der Waals surface area contributed by atoms with Crippen LogP contribution < -0.4 is 9.62 Å². The Bertz CT molecular complexity index is 1360. The molecule has 0 radical (unpaired) electrons. The summed E-state index contributed by atoms with van der Waals surface area (Å²) < 4.78 is 29.3. The Kier molecular flexibility index (Phi) is 9.63. The van der Waals surface area contributed by atoms with Crippen molar-refractivity contribution in [3.05, 3.63) is 92.4 Å². The van der Waals surface area contributed by atoms with Gasteiger partial charge in [0.2, 0.25) is 11.8 Å². The van der Waals surface area contributed by atoms with Gasteiger partial charge in [0, 0.05) is 33.7 Å². The van der Waals surface area contributed by atoms with Gasteiger partial charge in [0.1, 0.15) is 12.6 Å². The number of aryl methyl sites for hydroxylation is 1. The van der Waals surface area contributed by atoms with E-state index in [0.29, 0.717) is 21.3 Å². The third-order valence-corrected chi connectivity index (χ3v) is 8.83. The molecule has 0 fully saturated rings. The van der Waals surface area contributed by atoms with Crippen molar-refractivity contribution in [2.75, 3.05) is 17.9 Å². The Labute approximate surface area is 235 Å². The quantitative estimate of drug-likeness (QED) is 0.344. The third kappa shape index (κ3) is 6.84. The van der Waals surface area contributed by atoms with E-state index in [9.17, 15) is 18.0 Å². The number of amides is 2. The molecule has 0 unspecified atom stereocenters. The Morgan fingerprint density at radius 3 is 2.08 bits per heavy atom. The molecule has 1 N–H and O–H groups in total. The summed E-state index contributed by atoms with van der Waals surface area (Å²) in [6.07, 6.45) is 0. The SMILES string of the molecule is CNC(=O)[C@H](C)N(Cc1c(Cl)cccc1Cl)C(=O)CN(c1ccc(Br)cc1)S(=O)(=O)c1ccc(C)cc1. The van der Waals surface area contributed by atoms with Gasteiger partial charge >= 0.3 is 0 Å². The first-order valence-corrected chi connectivity index (χ1v) is 14.2. The van der Waals surface area contributed by atoms with Gasteiger partial charge in [0.05, 0.1) is 10.6 Å². The number of anilines is 1. The summed E-state index contributed by atoms with van der Waals surface area (Å²) in [7, 11) is -2.68. The van der Waals surface area contributed by atoms with Gasteiger partial charge in [-0.05, 0) is 62.4 Å². The Morgan fingerprint density at radius 2 is 1.54 bits per heavy atom. The zero-order valence-electron chi connectivity index (χ0n) is 20.4. The average molecular weight is 627 g/mol. The van der Waals surface area contributed by atoms with E-state index < -0.39 is 34.4 Å². The third-order valence-electron chi connectivity index (χ3n) is 5.81. The Morgan fingerprint density at radius 1 is 0.973 bits per heavy atom. The molecule has 0 spiro atoms. The molecule has 0 aliphatic heterocycles. The molecule has 1 atom stereocenters. The summed E-state index contributed by atoms with van der Waals surface area (Å²) in [4.78, 5) is 27.6. The zero-order valence-corrected chi connectivity index (χ0v) is 24.3. The van der Waals surface area contributed by atoms with Crippen LogP contribution in [0.15, 0.2) is 76.1 Å². The van der Waals surface area contributed by atoms with Crippen LogP contribution in [0.5, 0.6) is 0 Å². The van der Waals surface area contributed by atoms with E-state index >= 15 is 0 Å². The molecule has 37 heavy (non-hydrogen) atoms. The van der Waals surface area contributed by atoms with Crippen LogP contribution >= 0.6 is 39.1 Å². The molecular formula is C26H26BrCl2N3O4S. The second-order valence-corrected chi connectivity index (χ2v) is 11.9. The van der Waals surface area contributed by atoms with Crippen molar-refractivity contribution in [2.45, 2.75) is 31.3 Å². The molecule has 0 aliphatic rings. The van der Waals surface area contributed by atoms with E-state index in [1.54, 1.807) is 61.5 Å². The van der Waals surface area contributed by atoms with Gasteiger partial charge in [-0.1, -0.05) is 62.9 Å². The number of hydrogen-bond donors (Lipinski definition) is 1. The van der Waals surface area contributed by atoms with Crippen LogP contribution in [0, 0.1) is 6.92 Å². The molecule has 3 aromatic carbocycles. The predicted molar refractivity (Wildman–Crippen MR) is 150 cm³/mol. The molecule has 3 rings (SSSR count). The highest BCUT2D eigenvalue weighted by atomic mass is 79.9. The van der Waals surface area contributed by atoms with E-state index in [2.05, 4.69) is 21.2 Å². The monoisotopic (exact) mass is 625 g/mol. The van der Waals surface area contributed by atoms with Gasteiger partial charge in [-0.25, -0.2) is 8.42 Å². The largest absolute Gasteiger partial charge is 0.357 e. The summed E-state index contributed by atoms with van der Waals surface area (Å²) in [6, 6.07) is 16.9. The number of halogens is 3. The van der Waals surface area contributed by atoms with Gasteiger partial charge in [-0.15, -0.1) is 0 Å². The molecule has 0 aromatic heterocycles. The number of likely N-dealkylation sites (N-methyl/N-ethyl adjacent to an activating group) is 1. The number of hydrogen-bond acceptors (Lipinski definition) is 4. The van der Waals surface area contributed by atoms with E-state index in [1.165, 1.54) is 24.1 Å². The highest BCUT2D eigenvalue weighted by Gasteiger charge is 2.32. The van der Waals surface area contributed by atoms with Gasteiger partial charge < -0.3 is 10.2 Å². The normalized spacial score (nSPS) is 12.1. The van der Waals surface area contributed by atoms with Gasteiger partial charge in [0.25, 0.3) is 10.0 Å². The molecule has 0 bridgehead atoms. The molecule has 0 heterocycles. The number of carbonyl (C=O) groups is 2. The molecule has 2 amide bonds. The summed E-state index contributed by atoms with van der Waals surface area (Å²) in [6.45, 7) is 2.76. The van der Waals surface area contributed by atoms with E-state index in [0.717, 1.165) is 14.3 Å². The maximum absolute atomic E-state index is 13.8. The smallest absolute Gasteiger partial charge is 0.264 e. The van der Waals surface area contributed by atoms with E-state index in [-0.39, 0.29) is 11.4 Å². The predicted octanol–water partition coefficient (Wildman–Crippen LogP) is 5.42. The van der Waals surface area contributed by atoms with Crippen LogP contribution in [0.4, 0.5) is 5.69 Å². The van der Waals surface area contributed by atoms with Gasteiger partial charge in [-0.2, -0.15) is 0 Å². The van der Waals surface area contributed by atoms with Crippen molar-refractivity contribution in [1.29, 1.82) is 0 Å². The number of rotatable bonds is 9. The fourth-order valence-corrected chi connectivity index (χ4v) is 5.81. The van der Waals surface area contributed by atoms with Crippen molar-refractivity contribution in [2.24, 2.45) is 0 Å². The first-order chi connectivity index (χ1) is 17.4. The number of benzene rings is 3. The first kappa shape index (κ1) is 29.0. The lowest BCUT2D eigenvalue weighted by molar-refractivity contribution is -0.139. The molecule has 0 saturated carbocycles. The van der Waals surface area contributed by atoms with Crippen LogP contribution in [-0.2, 0) is 26.2 Å². The van der Waals surface area contributed by atoms with Crippen molar-refractivity contribution in [3.8, 4) is 0 Å². The minimum absolute atomic E-state index is 0.0360. The number of sulfonamides is 1. The van der Waals surface area contributed by atoms with E-state index in [4.69, 9.17) is 23.2 Å². The van der Waals surface area contributed by atoms with Crippen molar-refractivity contribution in [1.82, 2.24) is 10.2 Å². The molecule has 0 saturated heterocycles. The first-order valence-electron chi connectivity index (χ1n) is 11.2. The van der Waals surface area contributed by atoms with Crippen LogP contribution in [-0.4, -0.2) is 44.8 Å². The summed E-state index contributed by atoms with van der Waals surface area (Å²) in [5, 5.41) is 3.18. The number of nitrogens with zero attached hydrogens (tertiary/aromatic N) is 2. The summed E-state index contributed by atoms with van der Waals surface area (Å²) >= 11 is 16.0. The fraction of sp³-hybridized carbons (Fsp3) is 0.231. The van der Waals surface area contributed by atoms with Crippen LogP contribution in [0.1, 0.15) is 18.1 Å². The molecule has 3 aromatic rings. The van der Waals surface area contributed by atoms with Crippen molar-refractivity contribution < 1.29 is 18.0 Å². The maximum Gasteiger partial charge on any atom is 0.264 e. The fourth-order valence-electron chi connectivity index (χ4n) is 3.62. The highest BCUT2D eigenvalue weighted by molar-refractivity contribution is 9.10. The maximum atomic E-state index is 13.8. The van der Waals surface area contributed by atoms with Crippen LogP contribution in [0.3, 0.4) is 0 Å². The minimum Gasteiger partial charge on any atom is -0.357 e. The molecule has 7 nitrogen and oxygen atoms in total. The molecular weight excluding hydrogens is 601 g/mol. The van der Waals surface area contributed by atoms with Crippen molar-refractivity contribution in [3.63, 3.8) is 0 Å². The number of nitrogens with one attached hydrogen (secondary N) is 1. The molecule has 11 heteroatoms. The second-order valence-electron chi connectivity index (χ2n) is 8.31. The summed E-state index contributed by atoms with van der Waals surface area (Å²) in [5.41, 5.74) is 1.64. The average Bonchev–Trinajstić information content (AvgIpc) is 2.87. The number of carbonyl (C=O) groups excluding carboxylic acids is 2. The molecule has 196 valence electrons. The topological polar surface area (TPSA) is 86.8 Å². The minimum atomic E-state index is -4.14.